The van der Waals surface area contributed by atoms with Gasteiger partial charge in [-0.25, -0.2) is 8.78 Å². The van der Waals surface area contributed by atoms with Crippen molar-refractivity contribution in [2.24, 2.45) is 0 Å². The molecule has 1 aliphatic heterocycles. The molecule has 8 heteroatoms. The normalized spacial score (nSPS) is 16.3. The number of alkyl halides is 3. The Morgan fingerprint density at radius 2 is 1.57 bits per heavy atom. The fraction of sp³-hybridized carbons (Fsp3) is 0.350. The van der Waals surface area contributed by atoms with Crippen LogP contribution in [0.15, 0.2) is 42.5 Å². The molecular formula is C20H19F5N2O. The van der Waals surface area contributed by atoms with E-state index in [0.717, 1.165) is 18.2 Å². The molecule has 0 bridgehead atoms. The van der Waals surface area contributed by atoms with Gasteiger partial charge in [-0.1, -0.05) is 12.1 Å². The number of carbonyl (C=O) groups excluding carboxylic acids is 1. The van der Waals surface area contributed by atoms with Gasteiger partial charge in [-0.05, 0) is 35.4 Å². The molecule has 0 spiro atoms. The first-order chi connectivity index (χ1) is 13.2. The zero-order valence-electron chi connectivity index (χ0n) is 15.0. The summed E-state index contributed by atoms with van der Waals surface area (Å²) in [6.07, 6.45) is -4.24. The Bertz CT molecular complexity index is 832. The van der Waals surface area contributed by atoms with Crippen molar-refractivity contribution in [3.05, 3.63) is 70.8 Å². The van der Waals surface area contributed by atoms with Crippen LogP contribution in [0, 0.1) is 11.6 Å². The molecule has 1 amide bonds. The maximum absolute atomic E-state index is 13.3. The van der Waals surface area contributed by atoms with Gasteiger partial charge in [0.1, 0.15) is 11.6 Å². The zero-order valence-corrected chi connectivity index (χ0v) is 15.0. The topological polar surface area (TPSA) is 23.6 Å². The lowest BCUT2D eigenvalue weighted by atomic mass is 10.1. The average Bonchev–Trinajstić information content (AvgIpc) is 2.76. The van der Waals surface area contributed by atoms with E-state index < -0.39 is 23.4 Å². The van der Waals surface area contributed by atoms with Gasteiger partial charge in [0.05, 0.1) is 5.56 Å². The summed E-state index contributed by atoms with van der Waals surface area (Å²) in [5.74, 6) is -1.48. The lowest BCUT2D eigenvalue weighted by Crippen LogP contribution is -2.32. The first-order valence-electron chi connectivity index (χ1n) is 8.82. The summed E-state index contributed by atoms with van der Waals surface area (Å²) >= 11 is 0. The summed E-state index contributed by atoms with van der Waals surface area (Å²) in [4.78, 5) is 15.8. The Kier molecular flexibility index (Phi) is 5.98. The van der Waals surface area contributed by atoms with Crippen LogP contribution in [0.5, 0.6) is 0 Å². The fourth-order valence-electron chi connectivity index (χ4n) is 3.26. The van der Waals surface area contributed by atoms with Crippen LogP contribution in [0.3, 0.4) is 0 Å². The molecule has 0 saturated carbocycles. The van der Waals surface area contributed by atoms with Crippen molar-refractivity contribution in [1.29, 1.82) is 0 Å². The quantitative estimate of drug-likeness (QED) is 0.720. The second-order valence-corrected chi connectivity index (χ2v) is 6.82. The van der Waals surface area contributed by atoms with E-state index in [-0.39, 0.29) is 18.9 Å². The predicted octanol–water partition coefficient (Wildman–Crippen LogP) is 4.22. The van der Waals surface area contributed by atoms with Crippen LogP contribution in [-0.2, 0) is 24.1 Å². The third-order valence-electron chi connectivity index (χ3n) is 4.64. The smallest absolute Gasteiger partial charge is 0.337 e. The van der Waals surface area contributed by atoms with E-state index in [9.17, 15) is 26.7 Å². The predicted molar refractivity (Wildman–Crippen MR) is 93.1 cm³/mol. The fourth-order valence-corrected chi connectivity index (χ4v) is 3.26. The average molecular weight is 398 g/mol. The number of hydrogen-bond acceptors (Lipinski definition) is 2. The monoisotopic (exact) mass is 398 g/mol. The standard InChI is InChI=1S/C20H19F5N2O/c21-17-9-15(10-18(22)11-17)12-26-5-4-19(28)27(7-6-26)13-14-2-1-3-16(8-14)20(23,24)25/h1-3,8-11H,4-7,12-13H2. The molecule has 0 N–H and O–H groups in total. The number of rotatable bonds is 4. The van der Waals surface area contributed by atoms with Gasteiger partial charge in [0.25, 0.3) is 0 Å². The summed E-state index contributed by atoms with van der Waals surface area (Å²) in [6, 6.07) is 8.21. The summed E-state index contributed by atoms with van der Waals surface area (Å²) in [5.41, 5.74) is 0.127. The van der Waals surface area contributed by atoms with Crippen molar-refractivity contribution in [1.82, 2.24) is 9.80 Å². The molecule has 0 aliphatic carbocycles. The van der Waals surface area contributed by atoms with E-state index in [0.29, 0.717) is 37.3 Å². The van der Waals surface area contributed by atoms with Gasteiger partial charge in [-0.2, -0.15) is 13.2 Å². The van der Waals surface area contributed by atoms with E-state index in [2.05, 4.69) is 0 Å². The van der Waals surface area contributed by atoms with E-state index in [1.807, 2.05) is 4.90 Å². The van der Waals surface area contributed by atoms with Crippen LogP contribution in [0.4, 0.5) is 22.0 Å². The Morgan fingerprint density at radius 1 is 0.857 bits per heavy atom. The van der Waals surface area contributed by atoms with Gasteiger partial charge < -0.3 is 4.90 Å². The summed E-state index contributed by atoms with van der Waals surface area (Å²) in [6.45, 7) is 1.58. The summed E-state index contributed by atoms with van der Waals surface area (Å²) < 4.78 is 65.3. The second-order valence-electron chi connectivity index (χ2n) is 6.82. The summed E-state index contributed by atoms with van der Waals surface area (Å²) in [5, 5.41) is 0. The van der Waals surface area contributed by atoms with Gasteiger partial charge in [-0.15, -0.1) is 0 Å². The first kappa shape index (κ1) is 20.3. The molecule has 3 rings (SSSR count). The molecule has 150 valence electrons. The molecule has 2 aromatic rings. The maximum atomic E-state index is 13.3. The van der Waals surface area contributed by atoms with Crippen molar-refractivity contribution in [2.75, 3.05) is 19.6 Å². The Labute approximate surface area is 159 Å². The summed E-state index contributed by atoms with van der Waals surface area (Å²) in [7, 11) is 0. The Hall–Kier alpha value is -2.48. The first-order valence-corrected chi connectivity index (χ1v) is 8.82. The van der Waals surface area contributed by atoms with Crippen molar-refractivity contribution < 1.29 is 26.7 Å². The van der Waals surface area contributed by atoms with Crippen LogP contribution in [0.2, 0.25) is 0 Å². The van der Waals surface area contributed by atoms with Gasteiger partial charge in [0.15, 0.2) is 0 Å². The SMILES string of the molecule is O=C1CCN(Cc2cc(F)cc(F)c2)CCN1Cc1cccc(C(F)(F)F)c1. The minimum absolute atomic E-state index is 0.0885. The lowest BCUT2D eigenvalue weighted by Gasteiger charge is -2.22. The van der Waals surface area contributed by atoms with Crippen LogP contribution in [0.25, 0.3) is 0 Å². The molecule has 0 radical (unpaired) electrons. The van der Waals surface area contributed by atoms with E-state index in [4.69, 9.17) is 0 Å². The van der Waals surface area contributed by atoms with Crippen molar-refractivity contribution >= 4 is 5.91 Å². The molecule has 1 heterocycles. The van der Waals surface area contributed by atoms with Crippen molar-refractivity contribution in [2.45, 2.75) is 25.7 Å². The van der Waals surface area contributed by atoms with Gasteiger partial charge >= 0.3 is 6.18 Å². The second kappa shape index (κ2) is 8.26. The number of amides is 1. The molecule has 1 fully saturated rings. The third kappa shape index (κ3) is 5.28. The van der Waals surface area contributed by atoms with Crippen LogP contribution < -0.4 is 0 Å². The van der Waals surface area contributed by atoms with Gasteiger partial charge in [0, 0.05) is 45.2 Å². The minimum atomic E-state index is -4.43. The highest BCUT2D eigenvalue weighted by atomic mass is 19.4. The van der Waals surface area contributed by atoms with Gasteiger partial charge in [0.2, 0.25) is 5.91 Å². The molecule has 2 aromatic carbocycles. The number of hydrogen-bond donors (Lipinski definition) is 0. The van der Waals surface area contributed by atoms with Crippen LogP contribution in [0.1, 0.15) is 23.1 Å². The molecule has 0 aromatic heterocycles. The Morgan fingerprint density at radius 3 is 2.25 bits per heavy atom. The maximum Gasteiger partial charge on any atom is 0.416 e. The van der Waals surface area contributed by atoms with Crippen molar-refractivity contribution in [3.63, 3.8) is 0 Å². The van der Waals surface area contributed by atoms with Crippen LogP contribution in [-0.4, -0.2) is 35.3 Å². The third-order valence-corrected chi connectivity index (χ3v) is 4.64. The molecule has 1 aliphatic rings. The van der Waals surface area contributed by atoms with Crippen LogP contribution >= 0.6 is 0 Å². The highest BCUT2D eigenvalue weighted by Gasteiger charge is 2.30. The van der Waals surface area contributed by atoms with E-state index >= 15 is 0 Å². The number of carbonyl (C=O) groups is 1. The molecule has 28 heavy (non-hydrogen) atoms. The number of benzene rings is 2. The lowest BCUT2D eigenvalue weighted by molar-refractivity contribution is -0.137. The highest BCUT2D eigenvalue weighted by molar-refractivity contribution is 5.76. The molecule has 0 unspecified atom stereocenters. The molecule has 1 saturated heterocycles. The minimum Gasteiger partial charge on any atom is -0.337 e. The number of nitrogens with zero attached hydrogens (tertiary/aromatic N) is 2. The van der Waals surface area contributed by atoms with Gasteiger partial charge in [-0.3, -0.25) is 9.69 Å². The zero-order chi connectivity index (χ0) is 20.3. The molecule has 3 nitrogen and oxygen atoms in total. The molecule has 0 atom stereocenters. The Balaban J connectivity index is 1.65. The highest BCUT2D eigenvalue weighted by Crippen LogP contribution is 2.29. The largest absolute Gasteiger partial charge is 0.416 e. The molecular weight excluding hydrogens is 379 g/mol. The number of halogens is 5. The van der Waals surface area contributed by atoms with E-state index in [1.54, 1.807) is 6.07 Å². The van der Waals surface area contributed by atoms with E-state index in [1.165, 1.54) is 23.1 Å². The van der Waals surface area contributed by atoms with Crippen molar-refractivity contribution in [3.8, 4) is 0 Å².